The molecule has 0 saturated carbocycles. The molecule has 1 aromatic heterocycles. The predicted octanol–water partition coefficient (Wildman–Crippen LogP) is 3.57. The Labute approximate surface area is 159 Å². The maximum atomic E-state index is 13.0. The molecular formula is C22H23N3O2. The van der Waals surface area contributed by atoms with E-state index >= 15 is 0 Å². The fourth-order valence-corrected chi connectivity index (χ4v) is 3.62. The molecule has 2 aromatic carbocycles. The Hall–Kier alpha value is -3.08. The van der Waals surface area contributed by atoms with Gasteiger partial charge in [-0.1, -0.05) is 48.5 Å². The van der Waals surface area contributed by atoms with Crippen molar-refractivity contribution in [2.24, 2.45) is 7.05 Å². The molecule has 1 amide bonds. The summed E-state index contributed by atoms with van der Waals surface area (Å²) in [7, 11) is 1.88. The number of hydrogen-bond acceptors (Lipinski definition) is 3. The van der Waals surface area contributed by atoms with Gasteiger partial charge in [0.1, 0.15) is 5.75 Å². The number of ether oxygens (including phenoxy) is 1. The van der Waals surface area contributed by atoms with Gasteiger partial charge in [-0.2, -0.15) is 5.10 Å². The van der Waals surface area contributed by atoms with Crippen LogP contribution in [0.2, 0.25) is 0 Å². The molecule has 3 aromatic rings. The van der Waals surface area contributed by atoms with E-state index in [0.29, 0.717) is 18.6 Å². The van der Waals surface area contributed by atoms with Crippen LogP contribution in [0.15, 0.2) is 54.7 Å². The molecule has 27 heavy (non-hydrogen) atoms. The lowest BCUT2D eigenvalue weighted by Crippen LogP contribution is -2.32. The minimum atomic E-state index is -0.0895. The topological polar surface area (TPSA) is 56.1 Å². The van der Waals surface area contributed by atoms with Crippen molar-refractivity contribution in [2.45, 2.75) is 25.8 Å². The zero-order chi connectivity index (χ0) is 18.8. The summed E-state index contributed by atoms with van der Waals surface area (Å²) in [5, 5.41) is 7.50. The van der Waals surface area contributed by atoms with Crippen LogP contribution in [-0.2, 0) is 13.5 Å². The number of nitrogens with zero attached hydrogens (tertiary/aromatic N) is 2. The summed E-state index contributed by atoms with van der Waals surface area (Å²) in [6.07, 6.45) is 3.09. The van der Waals surface area contributed by atoms with Crippen LogP contribution in [0.3, 0.4) is 0 Å². The highest BCUT2D eigenvalue weighted by atomic mass is 16.5. The van der Waals surface area contributed by atoms with Crippen LogP contribution in [0.1, 0.15) is 45.2 Å². The molecule has 5 heteroatoms. The third kappa shape index (κ3) is 3.45. The van der Waals surface area contributed by atoms with Crippen LogP contribution < -0.4 is 10.1 Å². The second kappa shape index (κ2) is 7.27. The highest BCUT2D eigenvalue weighted by molar-refractivity contribution is 5.95. The first-order valence-corrected chi connectivity index (χ1v) is 9.21. The average Bonchev–Trinajstić information content (AvgIpc) is 3.04. The maximum absolute atomic E-state index is 13.0. The molecule has 0 unspecified atom stereocenters. The van der Waals surface area contributed by atoms with Gasteiger partial charge in [0.15, 0.2) is 0 Å². The minimum Gasteiger partial charge on any atom is -0.493 e. The number of carbonyl (C=O) groups is 1. The van der Waals surface area contributed by atoms with E-state index in [9.17, 15) is 4.79 Å². The third-order valence-electron chi connectivity index (χ3n) is 5.10. The predicted molar refractivity (Wildman–Crippen MR) is 104 cm³/mol. The monoisotopic (exact) mass is 361 g/mol. The van der Waals surface area contributed by atoms with Gasteiger partial charge >= 0.3 is 0 Å². The molecule has 1 N–H and O–H groups in total. The largest absolute Gasteiger partial charge is 0.493 e. The molecule has 1 atom stereocenters. The van der Waals surface area contributed by atoms with Crippen molar-refractivity contribution in [1.29, 1.82) is 0 Å². The lowest BCUT2D eigenvalue weighted by atomic mass is 9.97. The van der Waals surface area contributed by atoms with E-state index in [1.807, 2.05) is 50.4 Å². The molecule has 0 saturated heterocycles. The first-order valence-electron chi connectivity index (χ1n) is 9.21. The van der Waals surface area contributed by atoms with Gasteiger partial charge in [-0.05, 0) is 18.1 Å². The van der Waals surface area contributed by atoms with Crippen LogP contribution >= 0.6 is 0 Å². The Morgan fingerprint density at radius 2 is 2.04 bits per heavy atom. The van der Waals surface area contributed by atoms with Gasteiger partial charge in [0.05, 0.1) is 30.1 Å². The number of aryl methyl sites for hydroxylation is 2. The zero-order valence-electron chi connectivity index (χ0n) is 15.6. The van der Waals surface area contributed by atoms with Gasteiger partial charge in [0.2, 0.25) is 0 Å². The van der Waals surface area contributed by atoms with Gasteiger partial charge in [0, 0.05) is 25.5 Å². The van der Waals surface area contributed by atoms with E-state index in [4.69, 9.17) is 4.74 Å². The fraction of sp³-hybridized carbons (Fsp3) is 0.273. The SMILES string of the molecule is Cc1cccc2c1OCC[C@@H]2NC(=O)c1cnn(C)c1Cc1ccccc1. The van der Waals surface area contributed by atoms with Gasteiger partial charge in [0.25, 0.3) is 5.91 Å². The molecule has 5 nitrogen and oxygen atoms in total. The molecule has 1 aliphatic heterocycles. The average molecular weight is 361 g/mol. The summed E-state index contributed by atoms with van der Waals surface area (Å²) < 4.78 is 7.59. The normalized spacial score (nSPS) is 15.7. The van der Waals surface area contributed by atoms with Gasteiger partial charge in [-0.15, -0.1) is 0 Å². The lowest BCUT2D eigenvalue weighted by molar-refractivity contribution is 0.0923. The second-order valence-corrected chi connectivity index (χ2v) is 6.95. The highest BCUT2D eigenvalue weighted by Crippen LogP contribution is 2.34. The maximum Gasteiger partial charge on any atom is 0.255 e. The summed E-state index contributed by atoms with van der Waals surface area (Å²) in [5.41, 5.74) is 4.83. The smallest absolute Gasteiger partial charge is 0.255 e. The first kappa shape index (κ1) is 17.3. The summed E-state index contributed by atoms with van der Waals surface area (Å²) in [4.78, 5) is 13.0. The van der Waals surface area contributed by atoms with Crippen molar-refractivity contribution in [1.82, 2.24) is 15.1 Å². The van der Waals surface area contributed by atoms with Crippen molar-refractivity contribution < 1.29 is 9.53 Å². The van der Waals surface area contributed by atoms with Crippen LogP contribution in [0.5, 0.6) is 5.75 Å². The number of fused-ring (bicyclic) bond motifs is 1. The van der Waals surface area contributed by atoms with E-state index in [2.05, 4.69) is 22.5 Å². The molecule has 138 valence electrons. The first-order chi connectivity index (χ1) is 13.1. The van der Waals surface area contributed by atoms with Crippen molar-refractivity contribution in [3.05, 3.63) is 82.7 Å². The van der Waals surface area contributed by atoms with Crippen molar-refractivity contribution in [3.63, 3.8) is 0 Å². The number of carbonyl (C=O) groups excluding carboxylic acids is 1. The summed E-state index contributed by atoms with van der Waals surface area (Å²) in [6, 6.07) is 16.1. The zero-order valence-corrected chi connectivity index (χ0v) is 15.6. The van der Waals surface area contributed by atoms with Crippen LogP contribution in [0, 0.1) is 6.92 Å². The van der Waals surface area contributed by atoms with Gasteiger partial charge in [-0.25, -0.2) is 0 Å². The van der Waals surface area contributed by atoms with E-state index in [1.165, 1.54) is 0 Å². The fourth-order valence-electron chi connectivity index (χ4n) is 3.62. The Balaban J connectivity index is 1.58. The Morgan fingerprint density at radius 3 is 2.85 bits per heavy atom. The second-order valence-electron chi connectivity index (χ2n) is 6.95. The van der Waals surface area contributed by atoms with Crippen molar-refractivity contribution in [3.8, 4) is 5.75 Å². The van der Waals surface area contributed by atoms with E-state index in [1.54, 1.807) is 10.9 Å². The number of para-hydroxylation sites is 1. The van der Waals surface area contributed by atoms with E-state index < -0.39 is 0 Å². The Bertz CT molecular complexity index is 963. The van der Waals surface area contributed by atoms with Gasteiger partial charge in [-0.3, -0.25) is 9.48 Å². The minimum absolute atomic E-state index is 0.0501. The number of rotatable bonds is 4. The van der Waals surface area contributed by atoms with Crippen molar-refractivity contribution in [2.75, 3.05) is 6.61 Å². The molecule has 2 heterocycles. The number of benzene rings is 2. The Morgan fingerprint density at radius 1 is 1.22 bits per heavy atom. The molecular weight excluding hydrogens is 338 g/mol. The van der Waals surface area contributed by atoms with E-state index in [0.717, 1.165) is 34.6 Å². The third-order valence-corrected chi connectivity index (χ3v) is 5.10. The molecule has 0 radical (unpaired) electrons. The van der Waals surface area contributed by atoms with E-state index in [-0.39, 0.29) is 11.9 Å². The quantitative estimate of drug-likeness (QED) is 0.773. The molecule has 0 spiro atoms. The number of nitrogens with one attached hydrogen (secondary N) is 1. The highest BCUT2D eigenvalue weighted by Gasteiger charge is 2.26. The van der Waals surface area contributed by atoms with Gasteiger partial charge < -0.3 is 10.1 Å². The number of aromatic nitrogens is 2. The number of amides is 1. The lowest BCUT2D eigenvalue weighted by Gasteiger charge is -2.27. The van der Waals surface area contributed by atoms with Crippen LogP contribution in [0.4, 0.5) is 0 Å². The standard InChI is InChI=1S/C22H23N3O2/c1-15-7-6-10-17-19(11-12-27-21(15)17)24-22(26)18-14-23-25(2)20(18)13-16-8-4-3-5-9-16/h3-10,14,19H,11-13H2,1-2H3,(H,24,26)/t19-/m0/s1. The van der Waals surface area contributed by atoms with Crippen molar-refractivity contribution >= 4 is 5.91 Å². The Kier molecular flexibility index (Phi) is 4.67. The number of hydrogen-bond donors (Lipinski definition) is 1. The summed E-state index contributed by atoms with van der Waals surface area (Å²) in [5.74, 6) is 0.804. The van der Waals surface area contributed by atoms with Crippen LogP contribution in [-0.4, -0.2) is 22.3 Å². The molecule has 1 aliphatic rings. The molecule has 0 aliphatic carbocycles. The molecule has 0 bridgehead atoms. The molecule has 0 fully saturated rings. The van der Waals surface area contributed by atoms with Crippen LogP contribution in [0.25, 0.3) is 0 Å². The summed E-state index contributed by atoms with van der Waals surface area (Å²) >= 11 is 0. The summed E-state index contributed by atoms with van der Waals surface area (Å²) in [6.45, 7) is 2.63. The molecule has 4 rings (SSSR count).